The third kappa shape index (κ3) is 5.11. The summed E-state index contributed by atoms with van der Waals surface area (Å²) < 4.78 is 4.79. The average Bonchev–Trinajstić information content (AvgIpc) is 3.11. The highest BCUT2D eigenvalue weighted by atomic mass is 16.5. The molecule has 112 valence electrons. The highest BCUT2D eigenvalue weighted by molar-refractivity contribution is 5.79. The molecule has 1 fully saturated rings. The summed E-state index contributed by atoms with van der Waals surface area (Å²) in [7, 11) is 1.40. The summed E-state index contributed by atoms with van der Waals surface area (Å²) >= 11 is 0. The van der Waals surface area contributed by atoms with Crippen LogP contribution >= 0.6 is 0 Å². The first-order chi connectivity index (χ1) is 8.77. The van der Waals surface area contributed by atoms with Crippen LogP contribution in [-0.2, 0) is 9.53 Å². The number of carbonyl (C=O) groups is 1. The lowest BCUT2D eigenvalue weighted by atomic mass is 9.93. The van der Waals surface area contributed by atoms with Crippen molar-refractivity contribution in [2.75, 3.05) is 13.7 Å². The van der Waals surface area contributed by atoms with E-state index in [1.54, 1.807) is 6.92 Å². The molecule has 19 heavy (non-hydrogen) atoms. The number of nitrogens with two attached hydrogens (primary N) is 1. The lowest BCUT2D eigenvalue weighted by molar-refractivity contribution is -0.147. The Balaban J connectivity index is 2.56. The number of ether oxygens (including phenoxy) is 1. The molecule has 1 aliphatic rings. The number of hydrogen-bond acceptors (Lipinski definition) is 4. The summed E-state index contributed by atoms with van der Waals surface area (Å²) in [6.07, 6.45) is 4.40. The smallest absolute Gasteiger partial charge is 0.325 e. The van der Waals surface area contributed by atoms with E-state index in [-0.39, 0.29) is 5.97 Å². The van der Waals surface area contributed by atoms with Crippen LogP contribution in [0.15, 0.2) is 0 Å². The molecule has 1 rings (SSSR count). The number of esters is 1. The van der Waals surface area contributed by atoms with Crippen LogP contribution < -0.4 is 5.73 Å². The van der Waals surface area contributed by atoms with E-state index in [1.165, 1.54) is 26.4 Å². The number of methoxy groups -OCH3 is 1. The fourth-order valence-electron chi connectivity index (χ4n) is 2.62. The molecule has 2 atom stereocenters. The third-order valence-corrected chi connectivity index (χ3v) is 3.92. The Labute approximate surface area is 117 Å². The van der Waals surface area contributed by atoms with Gasteiger partial charge in [-0.2, -0.15) is 0 Å². The average molecular weight is 270 g/mol. The van der Waals surface area contributed by atoms with Crippen LogP contribution in [0.2, 0.25) is 0 Å². The first-order valence-electron chi connectivity index (χ1n) is 7.41. The van der Waals surface area contributed by atoms with E-state index in [2.05, 4.69) is 25.7 Å². The van der Waals surface area contributed by atoms with Crippen LogP contribution in [0.1, 0.15) is 53.4 Å². The van der Waals surface area contributed by atoms with E-state index in [0.717, 1.165) is 6.54 Å². The zero-order valence-corrected chi connectivity index (χ0v) is 13.1. The van der Waals surface area contributed by atoms with Gasteiger partial charge in [-0.1, -0.05) is 13.8 Å². The van der Waals surface area contributed by atoms with Crippen molar-refractivity contribution in [1.29, 1.82) is 0 Å². The van der Waals surface area contributed by atoms with Crippen molar-refractivity contribution in [2.45, 2.75) is 71.0 Å². The molecule has 0 aromatic carbocycles. The Hall–Kier alpha value is -0.610. The molecule has 1 saturated carbocycles. The molecule has 0 radical (unpaired) electrons. The Morgan fingerprint density at radius 1 is 1.42 bits per heavy atom. The quantitative estimate of drug-likeness (QED) is 0.687. The molecule has 4 nitrogen and oxygen atoms in total. The van der Waals surface area contributed by atoms with Crippen LogP contribution in [0.3, 0.4) is 0 Å². The maximum absolute atomic E-state index is 11.7. The van der Waals surface area contributed by atoms with Gasteiger partial charge in [0.2, 0.25) is 0 Å². The van der Waals surface area contributed by atoms with Gasteiger partial charge in [-0.15, -0.1) is 0 Å². The van der Waals surface area contributed by atoms with Gasteiger partial charge in [-0.3, -0.25) is 9.69 Å². The standard InChI is InChI=1S/C15H30N2O2/c1-11(2)8-9-17(13-6-7-13)12(3)10-15(4,16)14(18)19-5/h11-13H,6-10,16H2,1-5H3. The van der Waals surface area contributed by atoms with Crippen molar-refractivity contribution in [3.05, 3.63) is 0 Å². The molecule has 0 saturated heterocycles. The summed E-state index contributed by atoms with van der Waals surface area (Å²) in [5.74, 6) is 0.386. The van der Waals surface area contributed by atoms with E-state index in [4.69, 9.17) is 10.5 Å². The van der Waals surface area contributed by atoms with Crippen molar-refractivity contribution in [2.24, 2.45) is 11.7 Å². The zero-order chi connectivity index (χ0) is 14.6. The summed E-state index contributed by atoms with van der Waals surface area (Å²) in [6, 6.07) is 1.02. The van der Waals surface area contributed by atoms with Gasteiger partial charge in [-0.25, -0.2) is 0 Å². The molecule has 2 N–H and O–H groups in total. The van der Waals surface area contributed by atoms with Gasteiger partial charge in [0.1, 0.15) is 5.54 Å². The Morgan fingerprint density at radius 2 is 2.00 bits per heavy atom. The highest BCUT2D eigenvalue weighted by Gasteiger charge is 2.37. The molecule has 2 unspecified atom stereocenters. The van der Waals surface area contributed by atoms with Crippen molar-refractivity contribution < 1.29 is 9.53 Å². The first-order valence-corrected chi connectivity index (χ1v) is 7.41. The van der Waals surface area contributed by atoms with Gasteiger partial charge >= 0.3 is 5.97 Å². The second kappa shape index (κ2) is 6.71. The summed E-state index contributed by atoms with van der Waals surface area (Å²) in [5.41, 5.74) is 5.20. The minimum Gasteiger partial charge on any atom is -0.468 e. The fourth-order valence-corrected chi connectivity index (χ4v) is 2.62. The fraction of sp³-hybridized carbons (Fsp3) is 0.933. The lowest BCUT2D eigenvalue weighted by Crippen LogP contribution is -2.51. The minimum atomic E-state index is -0.890. The molecule has 0 aromatic heterocycles. The Bertz CT molecular complexity index is 299. The molecule has 0 spiro atoms. The normalized spacial score (nSPS) is 20.4. The maximum atomic E-state index is 11.7. The summed E-state index contributed by atoms with van der Waals surface area (Å²) in [4.78, 5) is 14.2. The maximum Gasteiger partial charge on any atom is 0.325 e. The SMILES string of the molecule is COC(=O)C(C)(N)CC(C)N(CCC(C)C)C1CC1. The molecule has 0 heterocycles. The molecule has 1 aliphatic carbocycles. The van der Waals surface area contributed by atoms with Gasteiger partial charge < -0.3 is 10.5 Å². The van der Waals surface area contributed by atoms with Crippen LogP contribution in [0.25, 0.3) is 0 Å². The predicted octanol–water partition coefficient (Wildman–Crippen LogP) is 2.17. The van der Waals surface area contributed by atoms with Gasteiger partial charge in [0.05, 0.1) is 7.11 Å². The summed E-state index contributed by atoms with van der Waals surface area (Å²) in [6.45, 7) is 9.53. The molecule has 0 aromatic rings. The molecular formula is C15H30N2O2. The van der Waals surface area contributed by atoms with E-state index in [9.17, 15) is 4.79 Å². The van der Waals surface area contributed by atoms with Crippen LogP contribution in [0, 0.1) is 5.92 Å². The summed E-state index contributed by atoms with van der Waals surface area (Å²) in [5, 5.41) is 0. The molecular weight excluding hydrogens is 240 g/mol. The van der Waals surface area contributed by atoms with Crippen LogP contribution in [-0.4, -0.2) is 42.1 Å². The lowest BCUT2D eigenvalue weighted by Gasteiger charge is -2.34. The third-order valence-electron chi connectivity index (χ3n) is 3.92. The number of carbonyl (C=O) groups excluding carboxylic acids is 1. The molecule has 0 aliphatic heterocycles. The van der Waals surface area contributed by atoms with Crippen LogP contribution in [0.4, 0.5) is 0 Å². The number of rotatable bonds is 8. The Kier molecular flexibility index (Phi) is 5.81. The number of nitrogens with zero attached hydrogens (tertiary/aromatic N) is 1. The molecule has 4 heteroatoms. The minimum absolute atomic E-state index is 0.320. The van der Waals surface area contributed by atoms with E-state index >= 15 is 0 Å². The van der Waals surface area contributed by atoms with Crippen LogP contribution in [0.5, 0.6) is 0 Å². The van der Waals surface area contributed by atoms with Gasteiger partial charge in [-0.05, 0) is 52.0 Å². The van der Waals surface area contributed by atoms with Gasteiger partial charge in [0, 0.05) is 12.1 Å². The van der Waals surface area contributed by atoms with E-state index in [0.29, 0.717) is 24.4 Å². The van der Waals surface area contributed by atoms with Gasteiger partial charge in [0.25, 0.3) is 0 Å². The second-order valence-electron chi connectivity index (χ2n) is 6.61. The topological polar surface area (TPSA) is 55.6 Å². The molecule has 0 amide bonds. The van der Waals surface area contributed by atoms with E-state index < -0.39 is 5.54 Å². The van der Waals surface area contributed by atoms with Crippen molar-refractivity contribution in [1.82, 2.24) is 4.90 Å². The van der Waals surface area contributed by atoms with Crippen molar-refractivity contribution >= 4 is 5.97 Å². The molecule has 0 bridgehead atoms. The first kappa shape index (κ1) is 16.4. The highest BCUT2D eigenvalue weighted by Crippen LogP contribution is 2.31. The monoisotopic (exact) mass is 270 g/mol. The zero-order valence-electron chi connectivity index (χ0n) is 13.1. The van der Waals surface area contributed by atoms with E-state index in [1.807, 2.05) is 0 Å². The van der Waals surface area contributed by atoms with Crippen molar-refractivity contribution in [3.8, 4) is 0 Å². The Morgan fingerprint density at radius 3 is 2.42 bits per heavy atom. The van der Waals surface area contributed by atoms with Crippen molar-refractivity contribution in [3.63, 3.8) is 0 Å². The second-order valence-corrected chi connectivity index (χ2v) is 6.61. The predicted molar refractivity (Wildman–Crippen MR) is 77.9 cm³/mol. The van der Waals surface area contributed by atoms with Gasteiger partial charge in [0.15, 0.2) is 0 Å². The number of hydrogen-bond donors (Lipinski definition) is 1. The largest absolute Gasteiger partial charge is 0.468 e.